The first-order chi connectivity index (χ1) is 6.55. The number of hydrogen-bond acceptors (Lipinski definition) is 2. The van der Waals surface area contributed by atoms with E-state index in [4.69, 9.17) is 10.7 Å². The Labute approximate surface area is 98.8 Å². The van der Waals surface area contributed by atoms with Crippen LogP contribution in [0.25, 0.3) is 0 Å². The third-order valence-electron chi connectivity index (χ3n) is 3.14. The highest BCUT2D eigenvalue weighted by molar-refractivity contribution is 8.14. The third kappa shape index (κ3) is 3.10. The van der Waals surface area contributed by atoms with Crippen molar-refractivity contribution in [1.82, 2.24) is 0 Å². The zero-order valence-corrected chi connectivity index (χ0v) is 12.1. The van der Waals surface area contributed by atoms with Crippen LogP contribution in [-0.4, -0.2) is 13.2 Å². The molecule has 0 saturated carbocycles. The van der Waals surface area contributed by atoms with Crippen LogP contribution in [0.2, 0.25) is 0 Å². The highest BCUT2D eigenvalue weighted by Crippen LogP contribution is 2.42. The van der Waals surface area contributed by atoms with Crippen LogP contribution in [0.5, 0.6) is 0 Å². The van der Waals surface area contributed by atoms with E-state index in [9.17, 15) is 8.42 Å². The fraction of sp³-hybridized carbons (Fsp3) is 1.00. The molecule has 0 aliphatic heterocycles. The predicted molar refractivity (Wildman–Crippen MR) is 66.6 cm³/mol. The van der Waals surface area contributed by atoms with Gasteiger partial charge in [0.25, 0.3) is 0 Å². The molecule has 0 spiro atoms. The Bertz CT molecular complexity index is 284. The lowest BCUT2D eigenvalue weighted by atomic mass is 9.78. The molecular formula is C11H23ClO2S. The third-order valence-corrected chi connectivity index (χ3v) is 6.02. The minimum Gasteiger partial charge on any atom is -0.212 e. The normalized spacial score (nSPS) is 14.3. The van der Waals surface area contributed by atoms with Crippen molar-refractivity contribution in [2.75, 3.05) is 0 Å². The lowest BCUT2D eigenvalue weighted by molar-refractivity contribution is 0.268. The largest absolute Gasteiger partial charge is 0.238 e. The van der Waals surface area contributed by atoms with Gasteiger partial charge in [-0.05, 0) is 24.2 Å². The Morgan fingerprint density at radius 3 is 1.40 bits per heavy atom. The van der Waals surface area contributed by atoms with Gasteiger partial charge in [-0.25, -0.2) is 8.42 Å². The first kappa shape index (κ1) is 15.2. The number of hydrogen-bond donors (Lipinski definition) is 0. The van der Waals surface area contributed by atoms with Crippen molar-refractivity contribution in [2.24, 2.45) is 17.8 Å². The Hall–Kier alpha value is 0.240. The summed E-state index contributed by atoms with van der Waals surface area (Å²) in [4.78, 5) is 0. The maximum absolute atomic E-state index is 11.8. The van der Waals surface area contributed by atoms with E-state index in [1.165, 1.54) is 0 Å². The first-order valence-corrected chi connectivity index (χ1v) is 7.80. The lowest BCUT2D eigenvalue weighted by Gasteiger charge is -2.39. The average Bonchev–Trinajstić information content (AvgIpc) is 1.95. The van der Waals surface area contributed by atoms with E-state index in [0.29, 0.717) is 12.3 Å². The van der Waals surface area contributed by atoms with E-state index in [0.717, 1.165) is 0 Å². The summed E-state index contributed by atoms with van der Waals surface area (Å²) in [5, 5.41) is 0. The second kappa shape index (κ2) is 5.05. The van der Waals surface area contributed by atoms with Crippen LogP contribution in [0, 0.1) is 17.8 Å². The smallest absolute Gasteiger partial charge is 0.212 e. The zero-order chi connectivity index (χ0) is 12.4. The Morgan fingerprint density at radius 2 is 1.33 bits per heavy atom. The van der Waals surface area contributed by atoms with E-state index in [2.05, 4.69) is 0 Å². The molecule has 0 aliphatic carbocycles. The van der Waals surface area contributed by atoms with Crippen molar-refractivity contribution < 1.29 is 8.42 Å². The molecule has 0 radical (unpaired) electrons. The molecule has 0 N–H and O–H groups in total. The molecule has 0 aromatic heterocycles. The molecule has 0 atom stereocenters. The van der Waals surface area contributed by atoms with Gasteiger partial charge in [0.05, 0.1) is 4.75 Å². The van der Waals surface area contributed by atoms with Gasteiger partial charge in [0.15, 0.2) is 0 Å². The second-order valence-corrected chi connectivity index (χ2v) is 8.15. The van der Waals surface area contributed by atoms with Crippen LogP contribution in [0.3, 0.4) is 0 Å². The highest BCUT2D eigenvalue weighted by Gasteiger charge is 2.48. The van der Waals surface area contributed by atoms with Crippen LogP contribution >= 0.6 is 10.7 Å². The average molecular weight is 255 g/mol. The van der Waals surface area contributed by atoms with Crippen LogP contribution in [0.1, 0.15) is 48.0 Å². The molecule has 0 heterocycles. The Morgan fingerprint density at radius 1 is 1.00 bits per heavy atom. The topological polar surface area (TPSA) is 34.1 Å². The molecule has 92 valence electrons. The molecule has 0 fully saturated rings. The monoisotopic (exact) mass is 254 g/mol. The molecule has 15 heavy (non-hydrogen) atoms. The van der Waals surface area contributed by atoms with Crippen LogP contribution in [0.15, 0.2) is 0 Å². The van der Waals surface area contributed by atoms with Crippen molar-refractivity contribution in [1.29, 1.82) is 0 Å². The minimum atomic E-state index is -3.55. The van der Waals surface area contributed by atoms with Crippen molar-refractivity contribution >= 4 is 19.7 Å². The van der Waals surface area contributed by atoms with Gasteiger partial charge in [0.2, 0.25) is 9.05 Å². The summed E-state index contributed by atoms with van der Waals surface area (Å²) >= 11 is 0. The summed E-state index contributed by atoms with van der Waals surface area (Å²) in [6, 6.07) is 0. The molecule has 0 rings (SSSR count). The highest BCUT2D eigenvalue weighted by atomic mass is 35.7. The van der Waals surface area contributed by atoms with Gasteiger partial charge >= 0.3 is 0 Å². The lowest BCUT2D eigenvalue weighted by Crippen LogP contribution is -2.47. The molecule has 0 amide bonds. The molecule has 0 aromatic carbocycles. The van der Waals surface area contributed by atoms with E-state index >= 15 is 0 Å². The molecule has 4 heteroatoms. The SMILES string of the molecule is CC(C)CC(C(C)C)(C(C)C)S(=O)(=O)Cl. The molecule has 0 aliphatic rings. The standard InChI is InChI=1S/C11H23ClO2S/c1-8(2)7-11(9(3)4,10(5)6)15(12,13)14/h8-10H,7H2,1-6H3. The van der Waals surface area contributed by atoms with Gasteiger partial charge in [-0.2, -0.15) is 0 Å². The van der Waals surface area contributed by atoms with Gasteiger partial charge in [-0.15, -0.1) is 0 Å². The second-order valence-electron chi connectivity index (χ2n) is 5.30. The minimum absolute atomic E-state index is 0.0300. The summed E-state index contributed by atoms with van der Waals surface area (Å²) < 4.78 is 22.9. The van der Waals surface area contributed by atoms with Gasteiger partial charge in [-0.1, -0.05) is 41.5 Å². The summed E-state index contributed by atoms with van der Waals surface area (Å²) in [6.45, 7) is 11.8. The van der Waals surface area contributed by atoms with E-state index in [-0.39, 0.29) is 11.8 Å². The summed E-state index contributed by atoms with van der Waals surface area (Å²) in [6.07, 6.45) is 0.619. The summed E-state index contributed by atoms with van der Waals surface area (Å²) in [5.41, 5.74) is 0. The maximum atomic E-state index is 11.8. The van der Waals surface area contributed by atoms with Gasteiger partial charge in [-0.3, -0.25) is 0 Å². The van der Waals surface area contributed by atoms with Crippen molar-refractivity contribution in [2.45, 2.75) is 52.7 Å². The Balaban J connectivity index is 5.50. The maximum Gasteiger partial charge on any atom is 0.238 e. The molecule has 0 bridgehead atoms. The first-order valence-electron chi connectivity index (χ1n) is 5.50. The zero-order valence-electron chi connectivity index (χ0n) is 10.5. The van der Waals surface area contributed by atoms with Gasteiger partial charge in [0.1, 0.15) is 0 Å². The fourth-order valence-electron chi connectivity index (χ4n) is 2.44. The van der Waals surface area contributed by atoms with E-state index in [1.54, 1.807) is 0 Å². The van der Waals surface area contributed by atoms with E-state index in [1.807, 2.05) is 41.5 Å². The van der Waals surface area contributed by atoms with Gasteiger partial charge < -0.3 is 0 Å². The Kier molecular flexibility index (Phi) is 5.13. The molecular weight excluding hydrogens is 232 g/mol. The quantitative estimate of drug-likeness (QED) is 0.702. The van der Waals surface area contributed by atoms with Crippen LogP contribution in [0.4, 0.5) is 0 Å². The van der Waals surface area contributed by atoms with E-state index < -0.39 is 13.8 Å². The molecule has 0 aromatic rings. The predicted octanol–water partition coefficient (Wildman–Crippen LogP) is 3.65. The number of rotatable bonds is 5. The number of halogens is 1. The summed E-state index contributed by atoms with van der Waals surface area (Å²) in [5.74, 6) is 0.383. The van der Waals surface area contributed by atoms with Gasteiger partial charge in [0, 0.05) is 10.7 Å². The van der Waals surface area contributed by atoms with Crippen LogP contribution in [-0.2, 0) is 9.05 Å². The molecule has 2 nitrogen and oxygen atoms in total. The van der Waals surface area contributed by atoms with Crippen molar-refractivity contribution in [3.8, 4) is 0 Å². The summed E-state index contributed by atoms with van der Waals surface area (Å²) in [7, 11) is 2.11. The van der Waals surface area contributed by atoms with Crippen LogP contribution < -0.4 is 0 Å². The van der Waals surface area contributed by atoms with Crippen molar-refractivity contribution in [3.05, 3.63) is 0 Å². The fourth-order valence-corrected chi connectivity index (χ4v) is 5.36. The van der Waals surface area contributed by atoms with Crippen molar-refractivity contribution in [3.63, 3.8) is 0 Å². The molecule has 0 unspecified atom stereocenters. The molecule has 0 saturated heterocycles.